The first-order chi connectivity index (χ1) is 5.93. The fraction of sp³-hybridized carbons (Fsp3) is 0.250. The molecule has 0 aliphatic carbocycles. The second-order valence-electron chi connectivity index (χ2n) is 2.87. The third kappa shape index (κ3) is 3.17. The van der Waals surface area contributed by atoms with Gasteiger partial charge in [-0.25, -0.2) is 0 Å². The molecule has 0 saturated carbocycles. The van der Waals surface area contributed by atoms with Crippen molar-refractivity contribution in [2.45, 2.75) is 13.0 Å². The zero-order valence-electron chi connectivity index (χ0n) is 7.10. The van der Waals surface area contributed by atoms with Crippen molar-refractivity contribution < 1.29 is 0 Å². The van der Waals surface area contributed by atoms with E-state index in [1.807, 2.05) is 31.2 Å². The molecule has 0 aliphatic heterocycles. The second-order valence-corrected chi connectivity index (χ2v) is 22.6. The minimum atomic E-state index is -3.52. The summed E-state index contributed by atoms with van der Waals surface area (Å²) in [5, 5.41) is 0. The first-order valence-corrected chi connectivity index (χ1v) is 16.1. The van der Waals surface area contributed by atoms with E-state index < -0.39 is 15.0 Å². The van der Waals surface area contributed by atoms with Gasteiger partial charge in [0.25, 0.3) is 0 Å². The first kappa shape index (κ1) is 11.9. The Kier molecular flexibility index (Phi) is 4.20. The fourth-order valence-electron chi connectivity index (χ4n) is 1.15. The zero-order chi connectivity index (χ0) is 10.1. The van der Waals surface area contributed by atoms with Gasteiger partial charge < -0.3 is 0 Å². The Bertz CT molecular complexity index is 296. The molecule has 0 amide bonds. The van der Waals surface area contributed by atoms with Crippen LogP contribution in [0.5, 0.6) is 0 Å². The zero-order valence-corrected chi connectivity index (χ0v) is 12.2. The summed E-state index contributed by atoms with van der Waals surface area (Å²) in [5.74, 6) is 0. The van der Waals surface area contributed by atoms with Crippen LogP contribution in [0, 0.1) is 0 Å². The first-order valence-electron chi connectivity index (χ1n) is 3.84. The maximum absolute atomic E-state index is 5.99. The van der Waals surface area contributed by atoms with Gasteiger partial charge in [0.15, 0.2) is 0 Å². The summed E-state index contributed by atoms with van der Waals surface area (Å²) in [6.45, 7) is 1.89. The van der Waals surface area contributed by atoms with Crippen molar-refractivity contribution in [2.75, 3.05) is 0 Å². The SMILES string of the molecule is CC(N)c1cccc[c]1[Sn]([Cl])([Cl])[Cl]. The molecule has 1 unspecified atom stereocenters. The Morgan fingerprint density at radius 1 is 1.23 bits per heavy atom. The van der Waals surface area contributed by atoms with Gasteiger partial charge in [0.1, 0.15) is 0 Å². The van der Waals surface area contributed by atoms with Crippen molar-refractivity contribution in [3.05, 3.63) is 29.8 Å². The van der Waals surface area contributed by atoms with Crippen LogP contribution in [-0.4, -0.2) is 15.0 Å². The predicted molar refractivity (Wildman–Crippen MR) is 62.0 cm³/mol. The molecule has 0 bridgehead atoms. The monoisotopic (exact) mass is 345 g/mol. The average Bonchev–Trinajstić information content (AvgIpc) is 2.03. The number of benzene rings is 1. The maximum atomic E-state index is 5.99. The summed E-state index contributed by atoms with van der Waals surface area (Å²) in [7, 11) is 18.0. The molecule has 1 aromatic carbocycles. The number of rotatable bonds is 2. The van der Waals surface area contributed by atoms with E-state index in [0.29, 0.717) is 0 Å². The van der Waals surface area contributed by atoms with Crippen molar-refractivity contribution in [3.63, 3.8) is 0 Å². The van der Waals surface area contributed by atoms with Crippen molar-refractivity contribution in [1.29, 1.82) is 0 Å². The van der Waals surface area contributed by atoms with E-state index in [9.17, 15) is 0 Å². The van der Waals surface area contributed by atoms with Gasteiger partial charge in [-0.05, 0) is 0 Å². The van der Waals surface area contributed by atoms with Gasteiger partial charge in [0.05, 0.1) is 0 Å². The molecule has 13 heavy (non-hydrogen) atoms. The van der Waals surface area contributed by atoms with Crippen LogP contribution in [0.2, 0.25) is 0 Å². The molecule has 0 heterocycles. The van der Waals surface area contributed by atoms with Crippen LogP contribution in [0.3, 0.4) is 0 Å². The molecular formula is C8H10Cl3NSn. The topological polar surface area (TPSA) is 26.0 Å². The van der Waals surface area contributed by atoms with E-state index in [0.717, 1.165) is 9.14 Å². The van der Waals surface area contributed by atoms with E-state index in [-0.39, 0.29) is 6.04 Å². The van der Waals surface area contributed by atoms with Crippen molar-refractivity contribution >= 4 is 45.3 Å². The molecule has 1 atom stereocenters. The normalized spacial score (nSPS) is 14.2. The Hall–Kier alpha value is 0.849. The molecule has 1 nitrogen and oxygen atoms in total. The van der Waals surface area contributed by atoms with Crippen LogP contribution in [0.1, 0.15) is 18.5 Å². The van der Waals surface area contributed by atoms with Crippen LogP contribution in [0.4, 0.5) is 0 Å². The summed E-state index contributed by atoms with van der Waals surface area (Å²) in [6.07, 6.45) is 0. The molecule has 72 valence electrons. The van der Waals surface area contributed by atoms with Gasteiger partial charge in [-0.15, -0.1) is 0 Å². The van der Waals surface area contributed by atoms with Crippen LogP contribution in [0.25, 0.3) is 0 Å². The molecule has 0 radical (unpaired) electrons. The van der Waals surface area contributed by atoms with Gasteiger partial charge >= 0.3 is 93.9 Å². The molecule has 2 N–H and O–H groups in total. The molecule has 0 saturated heterocycles. The molecule has 1 aromatic rings. The van der Waals surface area contributed by atoms with E-state index >= 15 is 0 Å². The Morgan fingerprint density at radius 2 is 1.77 bits per heavy atom. The minimum absolute atomic E-state index is 0.0801. The Balaban J connectivity index is 3.20. The quantitative estimate of drug-likeness (QED) is 0.820. The number of hydrogen-bond acceptors (Lipinski definition) is 1. The van der Waals surface area contributed by atoms with Crippen LogP contribution in [-0.2, 0) is 0 Å². The van der Waals surface area contributed by atoms with Crippen LogP contribution in [0.15, 0.2) is 24.3 Å². The number of hydrogen-bond donors (Lipinski definition) is 1. The third-order valence-electron chi connectivity index (χ3n) is 1.76. The standard InChI is InChI=1S/C8H10N.3ClH.Sn/c1-7(9)8-5-3-2-4-6-8;;;;/h2-5,7H,9H2,1H3;3*1H;/q;;;;+3/p-3. The van der Waals surface area contributed by atoms with E-state index in [1.54, 1.807) is 0 Å². The number of halogens is 3. The number of nitrogens with two attached hydrogens (primary N) is 1. The van der Waals surface area contributed by atoms with E-state index in [4.69, 9.17) is 32.5 Å². The molecule has 5 heteroatoms. The fourth-order valence-corrected chi connectivity index (χ4v) is 7.25. The van der Waals surface area contributed by atoms with Crippen LogP contribution >= 0.6 is 26.8 Å². The van der Waals surface area contributed by atoms with Gasteiger partial charge in [0, 0.05) is 0 Å². The average molecular weight is 345 g/mol. The Labute approximate surface area is 93.2 Å². The van der Waals surface area contributed by atoms with Crippen LogP contribution < -0.4 is 9.31 Å². The third-order valence-corrected chi connectivity index (χ3v) is 8.90. The second kappa shape index (κ2) is 4.58. The summed E-state index contributed by atoms with van der Waals surface area (Å²) < 4.78 is 0.858. The van der Waals surface area contributed by atoms with E-state index in [1.165, 1.54) is 0 Å². The van der Waals surface area contributed by atoms with Gasteiger partial charge in [0.2, 0.25) is 0 Å². The van der Waals surface area contributed by atoms with Crippen molar-refractivity contribution in [2.24, 2.45) is 5.73 Å². The summed E-state index contributed by atoms with van der Waals surface area (Å²) in [5.41, 5.74) is 6.73. The van der Waals surface area contributed by atoms with Gasteiger partial charge in [-0.1, -0.05) is 0 Å². The predicted octanol–water partition coefficient (Wildman–Crippen LogP) is 2.57. The van der Waals surface area contributed by atoms with Crippen molar-refractivity contribution in [1.82, 2.24) is 0 Å². The molecule has 0 aromatic heterocycles. The molecule has 0 spiro atoms. The summed E-state index contributed by atoms with van der Waals surface area (Å²) in [6, 6.07) is 7.48. The van der Waals surface area contributed by atoms with Gasteiger partial charge in [-0.2, -0.15) is 0 Å². The summed E-state index contributed by atoms with van der Waals surface area (Å²) in [4.78, 5) is 0. The van der Waals surface area contributed by atoms with E-state index in [2.05, 4.69) is 0 Å². The molecule has 0 fully saturated rings. The Morgan fingerprint density at radius 3 is 2.15 bits per heavy atom. The molecule has 0 aliphatic rings. The van der Waals surface area contributed by atoms with Gasteiger partial charge in [-0.3, -0.25) is 0 Å². The summed E-state index contributed by atoms with van der Waals surface area (Å²) >= 11 is -3.52. The molecular weight excluding hydrogens is 335 g/mol. The van der Waals surface area contributed by atoms with Crippen molar-refractivity contribution in [3.8, 4) is 0 Å². The molecule has 1 rings (SSSR count).